The third-order valence-electron chi connectivity index (χ3n) is 4.91. The first kappa shape index (κ1) is 23.4. The third kappa shape index (κ3) is 5.79. The van der Waals surface area contributed by atoms with Crippen LogP contribution in [0.1, 0.15) is 30.6 Å². The van der Waals surface area contributed by atoms with Crippen molar-refractivity contribution in [2.45, 2.75) is 31.3 Å². The number of benzene rings is 3. The fourth-order valence-electron chi connectivity index (χ4n) is 3.31. The van der Waals surface area contributed by atoms with Crippen molar-refractivity contribution >= 4 is 27.3 Å². The van der Waals surface area contributed by atoms with Gasteiger partial charge in [0, 0.05) is 29.4 Å². The minimum atomic E-state index is -3.84. The lowest BCUT2D eigenvalue weighted by molar-refractivity contribution is 0.102. The molecule has 1 heterocycles. The highest BCUT2D eigenvalue weighted by atomic mass is 32.2. The summed E-state index contributed by atoms with van der Waals surface area (Å²) in [6, 6.07) is 17.8. The molecular formula is C25H26N2O6S. The monoisotopic (exact) mass is 482 g/mol. The van der Waals surface area contributed by atoms with Crippen molar-refractivity contribution in [2.24, 2.45) is 0 Å². The van der Waals surface area contributed by atoms with E-state index < -0.39 is 10.0 Å². The second-order valence-electron chi connectivity index (χ2n) is 7.99. The number of sulfonamides is 1. The van der Waals surface area contributed by atoms with Crippen molar-refractivity contribution in [1.29, 1.82) is 0 Å². The predicted molar refractivity (Wildman–Crippen MR) is 129 cm³/mol. The molecule has 0 unspecified atom stereocenters. The fourth-order valence-corrected chi connectivity index (χ4v) is 4.38. The van der Waals surface area contributed by atoms with Crippen LogP contribution in [0.15, 0.2) is 71.6 Å². The Balaban J connectivity index is 1.40. The van der Waals surface area contributed by atoms with Gasteiger partial charge in [0.1, 0.15) is 5.75 Å². The molecule has 3 aromatic carbocycles. The van der Waals surface area contributed by atoms with Crippen LogP contribution < -0.4 is 24.2 Å². The molecule has 1 aliphatic heterocycles. The van der Waals surface area contributed by atoms with Gasteiger partial charge in [0.05, 0.1) is 24.2 Å². The van der Waals surface area contributed by atoms with Gasteiger partial charge in [-0.1, -0.05) is 0 Å². The topological polar surface area (TPSA) is 103 Å². The Hall–Kier alpha value is -3.72. The number of anilines is 2. The van der Waals surface area contributed by atoms with E-state index in [0.29, 0.717) is 47.4 Å². The molecule has 0 atom stereocenters. The Morgan fingerprint density at radius 2 is 1.53 bits per heavy atom. The lowest BCUT2D eigenvalue weighted by Crippen LogP contribution is -2.14. The van der Waals surface area contributed by atoms with Gasteiger partial charge in [-0.15, -0.1) is 0 Å². The first-order valence-electron chi connectivity index (χ1n) is 10.9. The number of rotatable bonds is 7. The quantitative estimate of drug-likeness (QED) is 0.507. The standard InChI is InChI=1S/C25H26N2O6S/c1-17(2)33-21-10-4-18(5-11-21)25(28)26-19-6-8-20(9-7-19)27-34(29,30)22-12-13-23-24(16-22)32-15-3-14-31-23/h4-13,16-17,27H,3,14-15H2,1-2H3,(H,26,28). The lowest BCUT2D eigenvalue weighted by atomic mass is 10.2. The van der Waals surface area contributed by atoms with Gasteiger partial charge < -0.3 is 19.5 Å². The van der Waals surface area contributed by atoms with Gasteiger partial charge in [0.15, 0.2) is 11.5 Å². The van der Waals surface area contributed by atoms with Crippen LogP contribution in [-0.2, 0) is 10.0 Å². The fraction of sp³-hybridized carbons (Fsp3) is 0.240. The molecule has 0 saturated heterocycles. The molecule has 0 fully saturated rings. The Morgan fingerprint density at radius 3 is 2.21 bits per heavy atom. The van der Waals surface area contributed by atoms with Crippen molar-refractivity contribution < 1.29 is 27.4 Å². The number of hydrogen-bond donors (Lipinski definition) is 2. The van der Waals surface area contributed by atoms with Crippen LogP contribution in [-0.4, -0.2) is 33.6 Å². The second kappa shape index (κ2) is 10.0. The Bertz CT molecular complexity index is 1260. The molecule has 34 heavy (non-hydrogen) atoms. The average molecular weight is 483 g/mol. The summed E-state index contributed by atoms with van der Waals surface area (Å²) in [5, 5.41) is 2.79. The summed E-state index contributed by atoms with van der Waals surface area (Å²) in [6.45, 7) is 4.86. The smallest absolute Gasteiger partial charge is 0.262 e. The van der Waals surface area contributed by atoms with Crippen LogP contribution in [0.3, 0.4) is 0 Å². The summed E-state index contributed by atoms with van der Waals surface area (Å²) in [4.78, 5) is 12.6. The number of nitrogens with one attached hydrogen (secondary N) is 2. The molecule has 8 nitrogen and oxygen atoms in total. The molecule has 0 spiro atoms. The van der Waals surface area contributed by atoms with Crippen LogP contribution in [0, 0.1) is 0 Å². The molecule has 2 N–H and O–H groups in total. The van der Waals surface area contributed by atoms with Crippen LogP contribution in [0.2, 0.25) is 0 Å². The summed E-state index contributed by atoms with van der Waals surface area (Å²) in [7, 11) is -3.84. The number of carbonyl (C=O) groups is 1. The van der Waals surface area contributed by atoms with Crippen molar-refractivity contribution in [2.75, 3.05) is 23.3 Å². The molecule has 1 amide bonds. The van der Waals surface area contributed by atoms with Gasteiger partial charge in [-0.05, 0) is 74.5 Å². The molecule has 0 aromatic heterocycles. The second-order valence-corrected chi connectivity index (χ2v) is 9.67. The van der Waals surface area contributed by atoms with E-state index in [1.807, 2.05) is 13.8 Å². The number of amides is 1. The highest BCUT2D eigenvalue weighted by Gasteiger charge is 2.19. The van der Waals surface area contributed by atoms with Gasteiger partial charge in [0.2, 0.25) is 0 Å². The summed E-state index contributed by atoms with van der Waals surface area (Å²) >= 11 is 0. The Morgan fingerprint density at radius 1 is 0.882 bits per heavy atom. The maximum Gasteiger partial charge on any atom is 0.262 e. The molecule has 0 aliphatic carbocycles. The molecular weight excluding hydrogens is 456 g/mol. The van der Waals surface area contributed by atoms with Gasteiger partial charge >= 0.3 is 0 Å². The van der Waals surface area contributed by atoms with Crippen LogP contribution in [0.25, 0.3) is 0 Å². The van der Waals surface area contributed by atoms with Crippen LogP contribution in [0.4, 0.5) is 11.4 Å². The minimum Gasteiger partial charge on any atom is -0.491 e. The summed E-state index contributed by atoms with van der Waals surface area (Å²) in [6.07, 6.45) is 0.783. The van der Waals surface area contributed by atoms with Gasteiger partial charge in [-0.3, -0.25) is 9.52 Å². The third-order valence-corrected chi connectivity index (χ3v) is 6.29. The van der Waals surface area contributed by atoms with E-state index in [2.05, 4.69) is 10.0 Å². The summed E-state index contributed by atoms with van der Waals surface area (Å²) < 4.78 is 44.9. The molecule has 0 saturated carbocycles. The van der Waals surface area contributed by atoms with E-state index in [9.17, 15) is 13.2 Å². The van der Waals surface area contributed by atoms with E-state index in [4.69, 9.17) is 14.2 Å². The van der Waals surface area contributed by atoms with Crippen molar-refractivity contribution in [3.63, 3.8) is 0 Å². The van der Waals surface area contributed by atoms with E-state index in [0.717, 1.165) is 6.42 Å². The predicted octanol–water partition coefficient (Wildman–Crippen LogP) is 4.69. The molecule has 0 radical (unpaired) electrons. The first-order valence-corrected chi connectivity index (χ1v) is 12.4. The number of ether oxygens (including phenoxy) is 3. The zero-order valence-electron chi connectivity index (χ0n) is 18.9. The maximum absolute atomic E-state index is 12.8. The molecule has 4 rings (SSSR count). The Labute approximate surface area is 198 Å². The first-order chi connectivity index (χ1) is 16.3. The maximum atomic E-state index is 12.8. The summed E-state index contributed by atoms with van der Waals surface area (Å²) in [5.41, 5.74) is 1.38. The number of carbonyl (C=O) groups excluding carboxylic acids is 1. The van der Waals surface area contributed by atoms with Crippen molar-refractivity contribution in [3.8, 4) is 17.2 Å². The largest absolute Gasteiger partial charge is 0.491 e. The Kier molecular flexibility index (Phi) is 6.93. The van der Waals surface area contributed by atoms with Crippen molar-refractivity contribution in [3.05, 3.63) is 72.3 Å². The average Bonchev–Trinajstić information content (AvgIpc) is 3.05. The highest BCUT2D eigenvalue weighted by Crippen LogP contribution is 2.32. The SMILES string of the molecule is CC(C)Oc1ccc(C(=O)Nc2ccc(NS(=O)(=O)c3ccc4c(c3)OCCCO4)cc2)cc1. The highest BCUT2D eigenvalue weighted by molar-refractivity contribution is 7.92. The van der Waals surface area contributed by atoms with Crippen LogP contribution in [0.5, 0.6) is 17.2 Å². The molecule has 0 bridgehead atoms. The van der Waals surface area contributed by atoms with E-state index in [-0.39, 0.29) is 16.9 Å². The van der Waals surface area contributed by atoms with E-state index in [1.54, 1.807) is 54.6 Å². The lowest BCUT2D eigenvalue weighted by Gasteiger charge is -2.12. The van der Waals surface area contributed by atoms with Gasteiger partial charge in [-0.25, -0.2) is 8.42 Å². The zero-order valence-corrected chi connectivity index (χ0v) is 19.7. The zero-order chi connectivity index (χ0) is 24.1. The van der Waals surface area contributed by atoms with E-state index >= 15 is 0 Å². The van der Waals surface area contributed by atoms with Gasteiger partial charge in [0.25, 0.3) is 15.9 Å². The number of fused-ring (bicyclic) bond motifs is 1. The molecule has 3 aromatic rings. The molecule has 1 aliphatic rings. The van der Waals surface area contributed by atoms with Gasteiger partial charge in [-0.2, -0.15) is 0 Å². The molecule has 178 valence electrons. The minimum absolute atomic E-state index is 0.0507. The number of hydrogen-bond acceptors (Lipinski definition) is 6. The van der Waals surface area contributed by atoms with E-state index in [1.165, 1.54) is 12.1 Å². The molecule has 9 heteroatoms. The normalized spacial score (nSPS) is 13.1. The van der Waals surface area contributed by atoms with Crippen LogP contribution >= 0.6 is 0 Å². The van der Waals surface area contributed by atoms with Crippen molar-refractivity contribution in [1.82, 2.24) is 0 Å². The summed E-state index contributed by atoms with van der Waals surface area (Å²) in [5.74, 6) is 1.34.